The fourth-order valence-corrected chi connectivity index (χ4v) is 15.8. The lowest BCUT2D eigenvalue weighted by Crippen LogP contribution is -2.41. The molecule has 9 fully saturated rings. The van der Waals surface area contributed by atoms with E-state index in [-0.39, 0.29) is 94.0 Å². The zero-order chi connectivity index (χ0) is 95.9. The third-order valence-electron chi connectivity index (χ3n) is 23.8. The van der Waals surface area contributed by atoms with Crippen LogP contribution in [0.1, 0.15) is 217 Å². The van der Waals surface area contributed by atoms with Gasteiger partial charge in [0.05, 0.1) is 58.9 Å². The number of hydrogen-bond donors (Lipinski definition) is 7. The lowest BCUT2D eigenvalue weighted by Gasteiger charge is -2.32. The van der Waals surface area contributed by atoms with E-state index in [1.807, 2.05) is 35.2 Å². The molecule has 8 aliphatic heterocycles. The summed E-state index contributed by atoms with van der Waals surface area (Å²) in [7, 11) is 0.580. The highest BCUT2D eigenvalue weighted by molar-refractivity contribution is 9.10. The van der Waals surface area contributed by atoms with E-state index in [1.165, 1.54) is 98.2 Å². The third kappa shape index (κ3) is 31.6. The number of amides is 3. The van der Waals surface area contributed by atoms with E-state index in [2.05, 4.69) is 75.3 Å². The highest BCUT2D eigenvalue weighted by Gasteiger charge is 2.52. The van der Waals surface area contributed by atoms with Crippen molar-refractivity contribution in [3.63, 3.8) is 0 Å². The van der Waals surface area contributed by atoms with Gasteiger partial charge in [-0.2, -0.15) is 0 Å². The number of anilines is 5. The Kier molecular flexibility index (Phi) is 39.9. The van der Waals surface area contributed by atoms with Gasteiger partial charge < -0.3 is 107 Å². The van der Waals surface area contributed by atoms with E-state index in [0.29, 0.717) is 112 Å². The Balaban J connectivity index is 0.000000157. The second kappa shape index (κ2) is 51.0. The summed E-state index contributed by atoms with van der Waals surface area (Å²) in [4.78, 5) is 138. The van der Waals surface area contributed by atoms with Crippen molar-refractivity contribution in [1.82, 2.24) is 32.4 Å². The first-order valence-electron chi connectivity index (χ1n) is 45.0. The Labute approximate surface area is 778 Å². The number of aromatic nitrogens is 7. The first-order valence-corrected chi connectivity index (χ1v) is 45.8. The largest absolute Gasteiger partial charge is 0.490 e. The minimum Gasteiger partial charge on any atom is -0.429 e. The lowest BCUT2D eigenvalue weighted by molar-refractivity contribution is -0.386. The van der Waals surface area contributed by atoms with Gasteiger partial charge >= 0.3 is 37.3 Å². The minimum atomic E-state index is -0.723. The molecule has 7 aromatic rings. The number of nitrogens with one attached hydrogen (secondary N) is 4. The number of halogens is 1. The molecule has 0 unspecified atom stereocenters. The molecule has 3 saturated carbocycles. The molecule has 9 N–H and O–H groups in total. The molecule has 18 rings (SSSR count). The Morgan fingerprint density at radius 3 is 1.31 bits per heavy atom. The van der Waals surface area contributed by atoms with Gasteiger partial charge in [0.1, 0.15) is 17.1 Å². The van der Waals surface area contributed by atoms with Gasteiger partial charge in [-0.1, -0.05) is 6.08 Å². The van der Waals surface area contributed by atoms with Crippen molar-refractivity contribution in [3.05, 3.63) is 236 Å². The number of hydrogen-bond acceptors (Lipinski definition) is 27. The monoisotopic (exact) mass is 1910 g/mol. The topological polar surface area (TPSA) is 503 Å². The molecule has 3 amide bonds. The van der Waals surface area contributed by atoms with Crippen molar-refractivity contribution < 1.29 is 76.4 Å². The summed E-state index contributed by atoms with van der Waals surface area (Å²) in [6, 6.07) is 18.4. The van der Waals surface area contributed by atoms with Crippen LogP contribution in [-0.2, 0) is 61.5 Å². The number of ether oxygens (including phenoxy) is 7. The van der Waals surface area contributed by atoms with Crippen molar-refractivity contribution in [3.8, 4) is 0 Å². The van der Waals surface area contributed by atoms with E-state index in [9.17, 15) is 68.2 Å². The number of rotatable bonds is 16. The van der Waals surface area contributed by atoms with Crippen LogP contribution in [0.2, 0.25) is 0 Å². The molecular formula is C91H122B2BrN14O25. The van der Waals surface area contributed by atoms with Crippen molar-refractivity contribution >= 4 is 94.0 Å². The molecule has 7 aromatic heterocycles. The number of carbonyl (C=O) groups is 3. The molecule has 39 nitrogen and oxygen atoms in total. The number of carbonyl (C=O) groups excluding carboxylic acids is 3. The predicted molar refractivity (Wildman–Crippen MR) is 505 cm³/mol. The summed E-state index contributed by atoms with van der Waals surface area (Å²) in [5.74, 6) is 0.502. The van der Waals surface area contributed by atoms with E-state index in [1.54, 1.807) is 67.2 Å². The SMILES string of the molecule is CC(=O)Nc1cc(Br)cn(C2CCOCC2)c1=O.CC(=O)Nc1cc(C2CC2)cn(C2CCOCC2)c1=O.CC(=O)Nc1cccn(C2CCOCC2)c1=O.CC1(C)OB(C2=CCOCC2)OC1(C)C.Nc1cc(C2CC2)cn(C2CCOCC2)c1=O.Nc1cccn(C2CCOCC2)c1=O.O=c1[nH]cccc1[N+](=O)[O-].O=c1c([N+](=O)[O-])cccn1C1=CCOCC1.O[B]OC1CC1. The van der Waals surface area contributed by atoms with Crippen LogP contribution < -0.4 is 66.3 Å². The van der Waals surface area contributed by atoms with Gasteiger partial charge in [0, 0.05) is 195 Å². The van der Waals surface area contributed by atoms with Gasteiger partial charge in [-0.25, -0.2) is 0 Å². The average molecular weight is 1910 g/mol. The summed E-state index contributed by atoms with van der Waals surface area (Å²) in [6.07, 6.45) is 33.5. The third-order valence-corrected chi connectivity index (χ3v) is 24.2. The molecule has 42 heteroatoms. The van der Waals surface area contributed by atoms with Crippen LogP contribution >= 0.6 is 15.9 Å². The maximum absolute atomic E-state index is 12.5. The van der Waals surface area contributed by atoms with Gasteiger partial charge in [-0.05, 0) is 242 Å². The van der Waals surface area contributed by atoms with Crippen molar-refractivity contribution in [2.24, 2.45) is 0 Å². The molecule has 3 aliphatic carbocycles. The number of pyridine rings is 7. The summed E-state index contributed by atoms with van der Waals surface area (Å²) in [5, 5.41) is 36.3. The second-order valence-corrected chi connectivity index (χ2v) is 35.3. The second-order valence-electron chi connectivity index (χ2n) is 34.4. The fourth-order valence-electron chi connectivity index (χ4n) is 15.4. The van der Waals surface area contributed by atoms with E-state index in [4.69, 9.17) is 59.0 Å². The molecule has 0 bridgehead atoms. The number of H-pyrrole nitrogens is 1. The molecule has 11 aliphatic rings. The Bertz CT molecular complexity index is 5580. The Morgan fingerprint density at radius 2 is 0.887 bits per heavy atom. The molecule has 133 heavy (non-hydrogen) atoms. The van der Waals surface area contributed by atoms with Crippen LogP contribution in [0.5, 0.6) is 0 Å². The smallest absolute Gasteiger partial charge is 0.429 e. The first-order chi connectivity index (χ1) is 63.7. The van der Waals surface area contributed by atoms with Gasteiger partial charge in [0.15, 0.2) is 0 Å². The predicted octanol–water partition coefficient (Wildman–Crippen LogP) is 10.5. The molecule has 0 aromatic carbocycles. The normalized spacial score (nSPS) is 18.8. The van der Waals surface area contributed by atoms with Crippen LogP contribution in [0.3, 0.4) is 0 Å². The van der Waals surface area contributed by atoms with Crippen LogP contribution in [0.15, 0.2) is 166 Å². The standard InChI is InChI=1S/C15H20N2O3.C13H18N2O2.C12H15BrN2O3.C12H16N2O3.C11H19BO3.C10H10N2O4.C10H14N2O2.C5H4N2O3.C3H6BO2/c1-10(18)16-14-8-12(11-2-3-11)9-17(15(14)19)13-4-6-20-7-5-13;14-12-7-10(9-1-2-9)8-15(13(12)16)11-3-5-17-6-4-11;1-8(16)14-11-6-9(13)7-15(12(11)17)10-2-4-18-5-3-10;1-9(15)13-11-3-2-6-14(12(11)16)10-4-7-17-8-5-10;1-10(2)11(3,4)15-12(14-10)9-5-7-13-8-6-9;13-10-9(12(14)15)2-1-5-11(10)8-3-6-16-7-4-8;11-9-2-1-5-12(10(9)13)8-3-6-14-7-4-8;8-5-4(7(9)10)2-1-3-6-5;5-4-6-3-1-2-3/h8-9,11,13H,2-7H2,1H3,(H,16,18);7-9,11H,1-6,14H2;6-7,10H,2-5H2,1H3,(H,14,16);2-3,6,10H,4-5,7-8H2,1H3,(H,13,15);5H,6-8H2,1-4H3;1-3,5H,4,6-7H2;1-2,5,8H,3-4,6-7,11H2;1-3H,(H,6,8);3,5H,1-2H2. The van der Waals surface area contributed by atoms with Crippen LogP contribution in [-0.4, -0.2) is 190 Å². The molecule has 6 saturated heterocycles. The van der Waals surface area contributed by atoms with Crippen molar-refractivity contribution in [2.75, 3.05) is 120 Å². The molecule has 15 heterocycles. The lowest BCUT2D eigenvalue weighted by atomic mass is 9.75. The maximum atomic E-state index is 12.5. The van der Waals surface area contributed by atoms with Crippen LogP contribution in [0.25, 0.3) is 5.70 Å². The quantitative estimate of drug-likeness (QED) is 0.0268. The summed E-state index contributed by atoms with van der Waals surface area (Å²) < 4.78 is 64.2. The molecule has 0 atom stereocenters. The number of nitro groups is 2. The van der Waals surface area contributed by atoms with Gasteiger partial charge in [-0.3, -0.25) is 72.7 Å². The van der Waals surface area contributed by atoms with Crippen molar-refractivity contribution in [1.29, 1.82) is 0 Å². The highest BCUT2D eigenvalue weighted by Crippen LogP contribution is 2.43. The summed E-state index contributed by atoms with van der Waals surface area (Å²) >= 11 is 3.36. The Hall–Kier alpha value is -10.9. The van der Waals surface area contributed by atoms with E-state index >= 15 is 0 Å². The summed E-state index contributed by atoms with van der Waals surface area (Å²) in [5.41, 5.74) is 14.4. The first kappa shape index (κ1) is 104. The number of nitrogen functional groups attached to an aromatic ring is 2. The van der Waals surface area contributed by atoms with Gasteiger partial charge in [0.25, 0.3) is 27.8 Å². The van der Waals surface area contributed by atoms with Gasteiger partial charge in [0.2, 0.25) is 17.7 Å². The van der Waals surface area contributed by atoms with E-state index < -0.39 is 32.3 Å². The average Bonchev–Trinajstić information content (AvgIpc) is 1.63. The molecule has 1 radical (unpaired) electrons. The summed E-state index contributed by atoms with van der Waals surface area (Å²) in [6.45, 7) is 22.0. The van der Waals surface area contributed by atoms with Crippen LogP contribution in [0.4, 0.5) is 39.8 Å². The Morgan fingerprint density at radius 1 is 0.481 bits per heavy atom. The van der Waals surface area contributed by atoms with Gasteiger partial charge in [-0.15, -0.1) is 0 Å². The number of nitrogens with zero attached hydrogens (tertiary/aromatic N) is 8. The number of aromatic amines is 1. The molecule has 719 valence electrons. The highest BCUT2D eigenvalue weighted by atomic mass is 79.9. The molecular weight excluding hydrogens is 1790 g/mol. The zero-order valence-corrected chi connectivity index (χ0v) is 77.9. The zero-order valence-electron chi connectivity index (χ0n) is 76.3. The van der Waals surface area contributed by atoms with Crippen molar-refractivity contribution in [2.45, 2.75) is 223 Å². The minimum absolute atomic E-state index is 0.0405. The molecule has 0 spiro atoms. The maximum Gasteiger partial charge on any atom is 0.490 e. The number of nitrogens with two attached hydrogens (primary N) is 2. The van der Waals surface area contributed by atoms with E-state index in [0.717, 1.165) is 140 Å². The van der Waals surface area contributed by atoms with Crippen LogP contribution in [0, 0.1) is 20.2 Å². The fraction of sp³-hybridized carbons (Fsp3) is 0.538.